The van der Waals surface area contributed by atoms with Gasteiger partial charge in [0.25, 0.3) is 0 Å². The molecule has 0 aliphatic rings. The molecule has 0 bridgehead atoms. The van der Waals surface area contributed by atoms with Crippen LogP contribution in [0.3, 0.4) is 0 Å². The van der Waals surface area contributed by atoms with Crippen molar-refractivity contribution in [1.29, 1.82) is 0 Å². The molecule has 4 rings (SSSR count). The standard InChI is InChI=1S/C17H9Cl3FN5S/c18-8-1-3-10(11(19)5-8)14-15(16-22-7-23-26-16)27-17(25-14)24-9-2-4-13(21)12(20)6-9/h1-7H,(H,24,25)(H,22,23,26). The second-order valence-electron chi connectivity index (χ2n) is 5.40. The highest BCUT2D eigenvalue weighted by molar-refractivity contribution is 7.19. The Balaban J connectivity index is 1.79. The highest BCUT2D eigenvalue weighted by Gasteiger charge is 2.20. The number of thiazole rings is 1. The molecular formula is C17H9Cl3FN5S. The number of hydrogen-bond donors (Lipinski definition) is 2. The van der Waals surface area contributed by atoms with Gasteiger partial charge in [-0.1, -0.05) is 46.1 Å². The fourth-order valence-electron chi connectivity index (χ4n) is 2.40. The molecule has 2 heterocycles. The number of hydrogen-bond acceptors (Lipinski definition) is 5. The highest BCUT2D eigenvalue weighted by atomic mass is 35.5. The zero-order valence-corrected chi connectivity index (χ0v) is 16.4. The summed E-state index contributed by atoms with van der Waals surface area (Å²) in [7, 11) is 0. The van der Waals surface area contributed by atoms with Crippen LogP contribution in [0.1, 0.15) is 0 Å². The molecule has 0 saturated carbocycles. The van der Waals surface area contributed by atoms with Crippen LogP contribution in [0.2, 0.25) is 15.1 Å². The van der Waals surface area contributed by atoms with Crippen molar-refractivity contribution in [3.05, 3.63) is 63.6 Å². The van der Waals surface area contributed by atoms with Crippen LogP contribution < -0.4 is 5.32 Å². The lowest BCUT2D eigenvalue weighted by Gasteiger charge is -2.04. The van der Waals surface area contributed by atoms with Crippen LogP contribution in [-0.4, -0.2) is 20.2 Å². The first-order valence-electron chi connectivity index (χ1n) is 7.56. The molecule has 0 atom stereocenters. The van der Waals surface area contributed by atoms with Crippen molar-refractivity contribution in [1.82, 2.24) is 20.2 Å². The molecule has 0 spiro atoms. The van der Waals surface area contributed by atoms with E-state index in [0.29, 0.717) is 37.9 Å². The van der Waals surface area contributed by atoms with Crippen LogP contribution in [0, 0.1) is 5.82 Å². The molecule has 0 aliphatic heterocycles. The number of halogens is 4. The molecule has 27 heavy (non-hydrogen) atoms. The smallest absolute Gasteiger partial charge is 0.193 e. The van der Waals surface area contributed by atoms with Gasteiger partial charge in [-0.05, 0) is 36.4 Å². The molecule has 0 radical (unpaired) electrons. The first-order chi connectivity index (χ1) is 13.0. The Bertz CT molecular complexity index is 1110. The molecule has 0 fully saturated rings. The Kier molecular flexibility index (Phi) is 5.01. The van der Waals surface area contributed by atoms with E-state index in [1.807, 2.05) is 0 Å². The van der Waals surface area contributed by atoms with Gasteiger partial charge in [-0.2, -0.15) is 5.10 Å². The lowest BCUT2D eigenvalue weighted by Crippen LogP contribution is -1.91. The third-order valence-corrected chi connectivity index (χ3v) is 5.41. The molecule has 136 valence electrons. The lowest BCUT2D eigenvalue weighted by atomic mass is 10.1. The summed E-state index contributed by atoms with van der Waals surface area (Å²) in [6, 6.07) is 9.51. The van der Waals surface area contributed by atoms with Crippen LogP contribution in [0.15, 0.2) is 42.7 Å². The first-order valence-corrected chi connectivity index (χ1v) is 9.51. The van der Waals surface area contributed by atoms with Gasteiger partial charge in [0.05, 0.1) is 15.7 Å². The quantitative estimate of drug-likeness (QED) is 0.383. The number of anilines is 2. The average Bonchev–Trinajstić information content (AvgIpc) is 3.28. The predicted octanol–water partition coefficient (Wildman–Crippen LogP) is 6.44. The van der Waals surface area contributed by atoms with Gasteiger partial charge in [-0.25, -0.2) is 14.4 Å². The normalized spacial score (nSPS) is 11.0. The maximum absolute atomic E-state index is 13.4. The van der Waals surface area contributed by atoms with Gasteiger partial charge < -0.3 is 5.32 Å². The lowest BCUT2D eigenvalue weighted by molar-refractivity contribution is 0.628. The maximum Gasteiger partial charge on any atom is 0.193 e. The van der Waals surface area contributed by atoms with Crippen LogP contribution >= 0.6 is 46.1 Å². The van der Waals surface area contributed by atoms with E-state index < -0.39 is 5.82 Å². The Labute approximate surface area is 172 Å². The van der Waals surface area contributed by atoms with Crippen LogP contribution in [-0.2, 0) is 0 Å². The van der Waals surface area contributed by atoms with E-state index in [-0.39, 0.29) is 5.02 Å². The van der Waals surface area contributed by atoms with Crippen molar-refractivity contribution >= 4 is 57.0 Å². The molecular weight excluding hydrogens is 432 g/mol. The summed E-state index contributed by atoms with van der Waals surface area (Å²) in [4.78, 5) is 9.54. The largest absolute Gasteiger partial charge is 0.331 e. The third-order valence-electron chi connectivity index (χ3n) is 3.60. The van der Waals surface area contributed by atoms with Gasteiger partial charge in [0.15, 0.2) is 11.0 Å². The maximum atomic E-state index is 13.4. The Morgan fingerprint density at radius 1 is 1.04 bits per heavy atom. The minimum Gasteiger partial charge on any atom is -0.331 e. The summed E-state index contributed by atoms with van der Waals surface area (Å²) in [6.45, 7) is 0. The molecule has 5 nitrogen and oxygen atoms in total. The highest BCUT2D eigenvalue weighted by Crippen LogP contribution is 2.41. The van der Waals surface area contributed by atoms with Gasteiger partial charge in [-0.3, -0.25) is 5.10 Å². The monoisotopic (exact) mass is 439 g/mol. The van der Waals surface area contributed by atoms with Gasteiger partial charge in [0, 0.05) is 16.3 Å². The van der Waals surface area contributed by atoms with Crippen molar-refractivity contribution in [2.45, 2.75) is 0 Å². The molecule has 4 aromatic rings. The fourth-order valence-corrected chi connectivity index (χ4v) is 4.02. The summed E-state index contributed by atoms with van der Waals surface area (Å²) in [5.74, 6) is -0.00453. The molecule has 0 amide bonds. The van der Waals surface area contributed by atoms with Gasteiger partial charge in [-0.15, -0.1) is 0 Å². The van der Waals surface area contributed by atoms with E-state index in [2.05, 4.69) is 25.5 Å². The number of nitrogens with zero attached hydrogens (tertiary/aromatic N) is 3. The number of nitrogens with one attached hydrogen (secondary N) is 2. The zero-order chi connectivity index (χ0) is 19.0. The van der Waals surface area contributed by atoms with E-state index in [1.165, 1.54) is 29.8 Å². The minimum absolute atomic E-state index is 0.0201. The third kappa shape index (κ3) is 3.77. The van der Waals surface area contributed by atoms with E-state index in [9.17, 15) is 4.39 Å². The van der Waals surface area contributed by atoms with Gasteiger partial charge >= 0.3 is 0 Å². The summed E-state index contributed by atoms with van der Waals surface area (Å²) in [5, 5.41) is 11.5. The molecule has 2 aromatic carbocycles. The molecule has 0 unspecified atom stereocenters. The van der Waals surface area contributed by atoms with Gasteiger partial charge in [0.1, 0.15) is 17.0 Å². The van der Waals surface area contributed by atoms with Crippen molar-refractivity contribution in [2.24, 2.45) is 0 Å². The SMILES string of the molecule is Fc1ccc(Nc2nc(-c3ccc(Cl)cc3Cl)c(-c3nc[nH]n3)s2)cc1Cl. The summed E-state index contributed by atoms with van der Waals surface area (Å²) in [5.41, 5.74) is 1.91. The van der Waals surface area contributed by atoms with Crippen LogP contribution in [0.4, 0.5) is 15.2 Å². The average molecular weight is 441 g/mol. The van der Waals surface area contributed by atoms with E-state index >= 15 is 0 Å². The van der Waals surface area contributed by atoms with E-state index in [0.717, 1.165) is 4.88 Å². The predicted molar refractivity (Wildman–Crippen MR) is 108 cm³/mol. The molecule has 2 N–H and O–H groups in total. The summed E-state index contributed by atoms with van der Waals surface area (Å²) < 4.78 is 13.4. The Morgan fingerprint density at radius 2 is 1.89 bits per heavy atom. The van der Waals surface area contributed by atoms with Crippen molar-refractivity contribution in [3.8, 4) is 22.0 Å². The van der Waals surface area contributed by atoms with Crippen LogP contribution in [0.25, 0.3) is 22.0 Å². The summed E-state index contributed by atoms with van der Waals surface area (Å²) in [6.07, 6.45) is 1.48. The fraction of sp³-hybridized carbons (Fsp3) is 0. The first kappa shape index (κ1) is 18.2. The summed E-state index contributed by atoms with van der Waals surface area (Å²) >= 11 is 19.5. The van der Waals surface area contributed by atoms with E-state index in [1.54, 1.807) is 24.3 Å². The molecule has 0 saturated heterocycles. The van der Waals surface area contributed by atoms with Crippen molar-refractivity contribution in [3.63, 3.8) is 0 Å². The number of benzene rings is 2. The Hall–Kier alpha value is -2.19. The number of aromatic amines is 1. The van der Waals surface area contributed by atoms with Crippen LogP contribution in [0.5, 0.6) is 0 Å². The van der Waals surface area contributed by atoms with Crippen molar-refractivity contribution in [2.75, 3.05) is 5.32 Å². The molecule has 2 aromatic heterocycles. The second kappa shape index (κ2) is 7.44. The van der Waals surface area contributed by atoms with Crippen molar-refractivity contribution < 1.29 is 4.39 Å². The van der Waals surface area contributed by atoms with Gasteiger partial charge in [0.2, 0.25) is 0 Å². The zero-order valence-electron chi connectivity index (χ0n) is 13.3. The molecule has 0 aliphatic carbocycles. The number of aromatic nitrogens is 4. The number of rotatable bonds is 4. The second-order valence-corrected chi connectivity index (χ2v) is 7.65. The number of H-pyrrole nitrogens is 1. The topological polar surface area (TPSA) is 66.5 Å². The Morgan fingerprint density at radius 3 is 2.59 bits per heavy atom. The minimum atomic E-state index is -0.489. The molecule has 10 heteroatoms. The van der Waals surface area contributed by atoms with E-state index in [4.69, 9.17) is 34.8 Å².